The highest BCUT2D eigenvalue weighted by atomic mass is 35.5. The molecule has 2 aromatic rings. The number of benzene rings is 1. The van der Waals surface area contributed by atoms with Gasteiger partial charge in [-0.15, -0.1) is 0 Å². The van der Waals surface area contributed by atoms with E-state index in [1.807, 2.05) is 0 Å². The summed E-state index contributed by atoms with van der Waals surface area (Å²) < 4.78 is 5.36. The topological polar surface area (TPSA) is 71.7 Å². The molecular formula is C11H6Cl2N4O. The van der Waals surface area contributed by atoms with Crippen molar-refractivity contribution in [2.24, 2.45) is 0 Å². The summed E-state index contributed by atoms with van der Waals surface area (Å²) in [5.41, 5.74) is 0.900. The van der Waals surface area contributed by atoms with Gasteiger partial charge in [-0.05, 0) is 40.9 Å². The van der Waals surface area contributed by atoms with Crippen molar-refractivity contribution in [3.05, 3.63) is 40.4 Å². The van der Waals surface area contributed by atoms with Crippen molar-refractivity contribution >= 4 is 23.2 Å². The highest BCUT2D eigenvalue weighted by Crippen LogP contribution is 2.20. The molecule has 1 aromatic heterocycles. The fourth-order valence-corrected chi connectivity index (χ4v) is 1.57. The van der Waals surface area contributed by atoms with E-state index in [4.69, 9.17) is 33.2 Å². The van der Waals surface area contributed by atoms with E-state index in [0.29, 0.717) is 12.2 Å². The van der Waals surface area contributed by atoms with Crippen molar-refractivity contribution in [1.82, 2.24) is 15.0 Å². The fourth-order valence-electron chi connectivity index (χ4n) is 1.23. The van der Waals surface area contributed by atoms with Crippen molar-refractivity contribution in [3.8, 4) is 17.8 Å². The Kier molecular flexibility index (Phi) is 3.92. The molecule has 1 aromatic carbocycles. The van der Waals surface area contributed by atoms with Crippen LogP contribution in [0.5, 0.6) is 11.8 Å². The quantitative estimate of drug-likeness (QED) is 0.864. The van der Waals surface area contributed by atoms with E-state index in [-0.39, 0.29) is 16.6 Å². The van der Waals surface area contributed by atoms with Crippen LogP contribution < -0.4 is 4.74 Å². The first-order valence-corrected chi connectivity index (χ1v) is 5.64. The molecular weight excluding hydrogens is 275 g/mol. The summed E-state index contributed by atoms with van der Waals surface area (Å²) in [5, 5.41) is 8.48. The first-order chi connectivity index (χ1) is 8.67. The zero-order chi connectivity index (χ0) is 13.0. The predicted molar refractivity (Wildman–Crippen MR) is 65.7 cm³/mol. The molecule has 5 nitrogen and oxygen atoms in total. The second-order valence-electron chi connectivity index (χ2n) is 3.24. The van der Waals surface area contributed by atoms with Gasteiger partial charge in [0.05, 0.1) is 12.5 Å². The number of nitrogens with zero attached hydrogens (tertiary/aromatic N) is 4. The molecule has 0 radical (unpaired) electrons. The largest absolute Gasteiger partial charge is 0.424 e. The van der Waals surface area contributed by atoms with Crippen LogP contribution in [0.25, 0.3) is 0 Å². The minimum absolute atomic E-state index is 0.0213. The van der Waals surface area contributed by atoms with E-state index in [1.165, 1.54) is 0 Å². The summed E-state index contributed by atoms with van der Waals surface area (Å²) in [5.74, 6) is 0.523. The Hall–Kier alpha value is -1.90. The van der Waals surface area contributed by atoms with Crippen LogP contribution in [0.1, 0.15) is 5.56 Å². The van der Waals surface area contributed by atoms with Gasteiger partial charge in [0.1, 0.15) is 5.75 Å². The molecule has 2 rings (SSSR count). The van der Waals surface area contributed by atoms with E-state index >= 15 is 0 Å². The lowest BCUT2D eigenvalue weighted by Crippen LogP contribution is -1.95. The standard InChI is InChI=1S/C11H6Cl2N4O/c12-9-15-10(13)17-11(16-9)18-8-3-1-7(2-4-8)5-6-14/h1-4H,5H2. The van der Waals surface area contributed by atoms with Crippen molar-refractivity contribution in [2.45, 2.75) is 6.42 Å². The van der Waals surface area contributed by atoms with Gasteiger partial charge >= 0.3 is 6.01 Å². The molecule has 0 atom stereocenters. The maximum Gasteiger partial charge on any atom is 0.327 e. The SMILES string of the molecule is N#CCc1ccc(Oc2nc(Cl)nc(Cl)n2)cc1. The predicted octanol–water partition coefficient (Wildman–Crippen LogP) is 3.04. The highest BCUT2D eigenvalue weighted by molar-refractivity contribution is 6.31. The summed E-state index contributed by atoms with van der Waals surface area (Å²) in [4.78, 5) is 11.2. The maximum absolute atomic E-state index is 8.55. The van der Waals surface area contributed by atoms with E-state index < -0.39 is 0 Å². The van der Waals surface area contributed by atoms with Crippen molar-refractivity contribution in [3.63, 3.8) is 0 Å². The Labute approximate surface area is 113 Å². The molecule has 18 heavy (non-hydrogen) atoms. The van der Waals surface area contributed by atoms with Gasteiger partial charge in [0.2, 0.25) is 10.6 Å². The van der Waals surface area contributed by atoms with Crippen molar-refractivity contribution in [1.29, 1.82) is 5.26 Å². The van der Waals surface area contributed by atoms with Crippen LogP contribution in [0.4, 0.5) is 0 Å². The number of hydrogen-bond donors (Lipinski definition) is 0. The number of rotatable bonds is 3. The smallest absolute Gasteiger partial charge is 0.327 e. The summed E-state index contributed by atoms with van der Waals surface area (Å²) in [7, 11) is 0. The van der Waals surface area contributed by atoms with Crippen LogP contribution in [-0.4, -0.2) is 15.0 Å². The van der Waals surface area contributed by atoms with Gasteiger partial charge in [-0.25, -0.2) is 0 Å². The van der Waals surface area contributed by atoms with E-state index in [2.05, 4.69) is 21.0 Å². The Bertz CT molecular complexity index is 575. The minimum Gasteiger partial charge on any atom is -0.424 e. The molecule has 90 valence electrons. The zero-order valence-electron chi connectivity index (χ0n) is 8.97. The van der Waals surface area contributed by atoms with Crippen LogP contribution in [0.3, 0.4) is 0 Å². The molecule has 0 unspecified atom stereocenters. The Balaban J connectivity index is 2.16. The summed E-state index contributed by atoms with van der Waals surface area (Å²) in [6.07, 6.45) is 0.351. The summed E-state index contributed by atoms with van der Waals surface area (Å²) >= 11 is 11.2. The second kappa shape index (κ2) is 5.63. The number of ether oxygens (including phenoxy) is 1. The maximum atomic E-state index is 8.55. The lowest BCUT2D eigenvalue weighted by atomic mass is 10.2. The molecule has 0 saturated heterocycles. The third-order valence-electron chi connectivity index (χ3n) is 1.98. The molecule has 1 heterocycles. The van der Waals surface area contributed by atoms with Crippen LogP contribution in [0.2, 0.25) is 10.6 Å². The fraction of sp³-hybridized carbons (Fsp3) is 0.0909. The lowest BCUT2D eigenvalue weighted by Gasteiger charge is -2.04. The number of hydrogen-bond acceptors (Lipinski definition) is 5. The average Bonchev–Trinajstić information content (AvgIpc) is 2.31. The van der Waals surface area contributed by atoms with Crippen molar-refractivity contribution < 1.29 is 4.74 Å². The molecule has 0 aliphatic carbocycles. The number of aromatic nitrogens is 3. The first-order valence-electron chi connectivity index (χ1n) is 4.88. The molecule has 0 aliphatic heterocycles. The Morgan fingerprint density at radius 1 is 1.06 bits per heavy atom. The van der Waals surface area contributed by atoms with Gasteiger partial charge in [-0.1, -0.05) is 12.1 Å². The Morgan fingerprint density at radius 2 is 1.67 bits per heavy atom. The van der Waals surface area contributed by atoms with Crippen LogP contribution >= 0.6 is 23.2 Å². The third kappa shape index (κ3) is 3.29. The van der Waals surface area contributed by atoms with E-state index in [0.717, 1.165) is 5.56 Å². The molecule has 0 saturated carbocycles. The first kappa shape index (κ1) is 12.6. The second-order valence-corrected chi connectivity index (χ2v) is 3.91. The molecule has 0 fully saturated rings. The highest BCUT2D eigenvalue weighted by Gasteiger charge is 2.05. The molecule has 7 heteroatoms. The van der Waals surface area contributed by atoms with Crippen LogP contribution in [-0.2, 0) is 6.42 Å². The van der Waals surface area contributed by atoms with Gasteiger partial charge in [0.25, 0.3) is 0 Å². The average molecular weight is 281 g/mol. The van der Waals surface area contributed by atoms with Crippen LogP contribution in [0, 0.1) is 11.3 Å². The molecule has 0 N–H and O–H groups in total. The number of nitriles is 1. The van der Waals surface area contributed by atoms with Crippen LogP contribution in [0.15, 0.2) is 24.3 Å². The third-order valence-corrected chi connectivity index (χ3v) is 2.31. The number of halogens is 2. The summed E-state index contributed by atoms with van der Waals surface area (Å²) in [6, 6.07) is 9.06. The summed E-state index contributed by atoms with van der Waals surface area (Å²) in [6.45, 7) is 0. The van der Waals surface area contributed by atoms with Gasteiger partial charge in [0.15, 0.2) is 0 Å². The van der Waals surface area contributed by atoms with Crippen molar-refractivity contribution in [2.75, 3.05) is 0 Å². The van der Waals surface area contributed by atoms with Gasteiger partial charge in [0, 0.05) is 0 Å². The molecule has 0 aliphatic rings. The van der Waals surface area contributed by atoms with Gasteiger partial charge in [-0.3, -0.25) is 0 Å². The zero-order valence-corrected chi connectivity index (χ0v) is 10.5. The normalized spacial score (nSPS) is 9.83. The van der Waals surface area contributed by atoms with Gasteiger partial charge in [-0.2, -0.15) is 20.2 Å². The van der Waals surface area contributed by atoms with Gasteiger partial charge < -0.3 is 4.74 Å². The molecule has 0 amide bonds. The monoisotopic (exact) mass is 280 g/mol. The Morgan fingerprint density at radius 3 is 2.22 bits per heavy atom. The van der Waals surface area contributed by atoms with E-state index in [9.17, 15) is 0 Å². The minimum atomic E-state index is -0.0360. The van der Waals surface area contributed by atoms with E-state index in [1.54, 1.807) is 24.3 Å². The molecule has 0 spiro atoms. The lowest BCUT2D eigenvalue weighted by molar-refractivity contribution is 0.439. The molecule has 0 bridgehead atoms.